The van der Waals surface area contributed by atoms with Crippen molar-refractivity contribution in [2.24, 2.45) is 0 Å². The van der Waals surface area contributed by atoms with Gasteiger partial charge in [0.2, 0.25) is 0 Å². The van der Waals surface area contributed by atoms with Crippen molar-refractivity contribution < 1.29 is 8.42 Å². The highest BCUT2D eigenvalue weighted by molar-refractivity contribution is 7.91. The van der Waals surface area contributed by atoms with E-state index in [1.165, 1.54) is 6.07 Å². The molecular formula is C12H18N2O3S. The first kappa shape index (κ1) is 13.3. The number of hydrogen-bond acceptors (Lipinski definition) is 4. The average Bonchev–Trinajstić information content (AvgIpc) is 2.56. The van der Waals surface area contributed by atoms with Crippen LogP contribution in [0.1, 0.15) is 13.3 Å². The molecule has 1 fully saturated rings. The molecule has 1 unspecified atom stereocenters. The molecule has 1 aliphatic heterocycles. The summed E-state index contributed by atoms with van der Waals surface area (Å²) in [5.74, 6) is 0.436. The zero-order chi connectivity index (χ0) is 13.2. The summed E-state index contributed by atoms with van der Waals surface area (Å²) in [6, 6.07) is 5.03. The van der Waals surface area contributed by atoms with Crippen LogP contribution >= 0.6 is 0 Å². The molecule has 1 saturated heterocycles. The van der Waals surface area contributed by atoms with E-state index in [2.05, 4.69) is 5.32 Å². The van der Waals surface area contributed by atoms with Crippen molar-refractivity contribution in [1.82, 2.24) is 9.88 Å². The number of rotatable bonds is 4. The monoisotopic (exact) mass is 270 g/mol. The predicted octanol–water partition coefficient (Wildman–Crippen LogP) is 0.0151. The van der Waals surface area contributed by atoms with E-state index in [0.29, 0.717) is 19.5 Å². The van der Waals surface area contributed by atoms with Crippen molar-refractivity contribution in [3.05, 3.63) is 34.7 Å². The van der Waals surface area contributed by atoms with E-state index in [1.807, 2.05) is 13.0 Å². The standard InChI is InChI=1S/C12H18N2O3S/c1-12(5-9-18(16,17)10-12)13-6-8-14-7-3-2-4-11(14)15/h2-4,7,13H,5-6,8-10H2,1H3. The first-order valence-corrected chi connectivity index (χ1v) is 7.83. The van der Waals surface area contributed by atoms with Gasteiger partial charge in [0.05, 0.1) is 11.5 Å². The minimum absolute atomic E-state index is 0.0384. The lowest BCUT2D eigenvalue weighted by molar-refractivity contribution is 0.385. The molecule has 0 amide bonds. The summed E-state index contributed by atoms with van der Waals surface area (Å²) in [5.41, 5.74) is -0.388. The van der Waals surface area contributed by atoms with Crippen LogP contribution in [0.3, 0.4) is 0 Å². The topological polar surface area (TPSA) is 68.2 Å². The van der Waals surface area contributed by atoms with Crippen molar-refractivity contribution in [3.8, 4) is 0 Å². The van der Waals surface area contributed by atoms with Gasteiger partial charge in [0.25, 0.3) is 5.56 Å². The van der Waals surface area contributed by atoms with Gasteiger partial charge in [-0.25, -0.2) is 8.42 Å². The highest BCUT2D eigenvalue weighted by Gasteiger charge is 2.37. The van der Waals surface area contributed by atoms with E-state index in [-0.39, 0.29) is 22.6 Å². The molecule has 1 aromatic rings. The van der Waals surface area contributed by atoms with Gasteiger partial charge >= 0.3 is 0 Å². The third kappa shape index (κ3) is 3.20. The second kappa shape index (κ2) is 4.85. The molecule has 0 aliphatic carbocycles. The molecule has 0 saturated carbocycles. The Balaban J connectivity index is 1.90. The normalized spacial score (nSPS) is 26.3. The largest absolute Gasteiger partial charge is 0.314 e. The summed E-state index contributed by atoms with van der Waals surface area (Å²) in [6.07, 6.45) is 2.37. The molecule has 1 aliphatic rings. The van der Waals surface area contributed by atoms with Crippen LogP contribution in [0.2, 0.25) is 0 Å². The molecule has 18 heavy (non-hydrogen) atoms. The van der Waals surface area contributed by atoms with Crippen LogP contribution in [-0.2, 0) is 16.4 Å². The van der Waals surface area contributed by atoms with Gasteiger partial charge in [0, 0.05) is 30.9 Å². The molecule has 0 radical (unpaired) electrons. The summed E-state index contributed by atoms with van der Waals surface area (Å²) in [7, 11) is -2.89. The molecule has 0 spiro atoms. The van der Waals surface area contributed by atoms with E-state index in [0.717, 1.165) is 0 Å². The van der Waals surface area contributed by atoms with E-state index >= 15 is 0 Å². The quantitative estimate of drug-likeness (QED) is 0.837. The van der Waals surface area contributed by atoms with E-state index < -0.39 is 9.84 Å². The Bertz CT molecular complexity index is 579. The Kier molecular flexibility index (Phi) is 3.59. The van der Waals surface area contributed by atoms with Gasteiger partial charge < -0.3 is 9.88 Å². The average molecular weight is 270 g/mol. The molecule has 2 rings (SSSR count). The van der Waals surface area contributed by atoms with Crippen molar-refractivity contribution >= 4 is 9.84 Å². The second-order valence-electron chi connectivity index (χ2n) is 5.06. The minimum Gasteiger partial charge on any atom is -0.314 e. The lowest BCUT2D eigenvalue weighted by Gasteiger charge is -2.24. The van der Waals surface area contributed by atoms with Crippen molar-refractivity contribution in [1.29, 1.82) is 0 Å². The molecule has 1 N–H and O–H groups in total. The highest BCUT2D eigenvalue weighted by Crippen LogP contribution is 2.22. The number of nitrogens with one attached hydrogen (secondary N) is 1. The fraction of sp³-hybridized carbons (Fsp3) is 0.583. The molecular weight excluding hydrogens is 252 g/mol. The first-order chi connectivity index (χ1) is 8.40. The zero-order valence-electron chi connectivity index (χ0n) is 10.4. The molecule has 2 heterocycles. The number of sulfone groups is 1. The lowest BCUT2D eigenvalue weighted by Crippen LogP contribution is -2.45. The predicted molar refractivity (Wildman–Crippen MR) is 70.4 cm³/mol. The fourth-order valence-corrected chi connectivity index (χ4v) is 4.40. The van der Waals surface area contributed by atoms with Crippen LogP contribution in [0.25, 0.3) is 0 Å². The maximum absolute atomic E-state index is 11.5. The Labute approximate surface area is 107 Å². The molecule has 0 aromatic carbocycles. The number of nitrogens with zero attached hydrogens (tertiary/aromatic N) is 1. The van der Waals surface area contributed by atoms with Gasteiger partial charge in [-0.2, -0.15) is 0 Å². The minimum atomic E-state index is -2.89. The molecule has 100 valence electrons. The number of pyridine rings is 1. The van der Waals surface area contributed by atoms with Gasteiger partial charge in [0.1, 0.15) is 0 Å². The summed E-state index contributed by atoms with van der Waals surface area (Å²) >= 11 is 0. The van der Waals surface area contributed by atoms with Gasteiger partial charge in [-0.15, -0.1) is 0 Å². The maximum Gasteiger partial charge on any atom is 0.250 e. The first-order valence-electron chi connectivity index (χ1n) is 6.01. The van der Waals surface area contributed by atoms with Crippen LogP contribution in [0, 0.1) is 0 Å². The van der Waals surface area contributed by atoms with E-state index in [9.17, 15) is 13.2 Å². The summed E-state index contributed by atoms with van der Waals surface area (Å²) in [6.45, 7) is 3.07. The smallest absolute Gasteiger partial charge is 0.250 e. The number of aromatic nitrogens is 1. The highest BCUT2D eigenvalue weighted by atomic mass is 32.2. The van der Waals surface area contributed by atoms with Crippen LogP contribution in [0.4, 0.5) is 0 Å². The maximum atomic E-state index is 11.5. The summed E-state index contributed by atoms with van der Waals surface area (Å²) in [5, 5.41) is 3.25. The van der Waals surface area contributed by atoms with Gasteiger partial charge in [-0.1, -0.05) is 6.07 Å². The Morgan fingerprint density at radius 1 is 1.44 bits per heavy atom. The van der Waals surface area contributed by atoms with Gasteiger partial charge in [-0.05, 0) is 19.4 Å². The zero-order valence-corrected chi connectivity index (χ0v) is 11.2. The Morgan fingerprint density at radius 3 is 2.83 bits per heavy atom. The molecule has 0 bridgehead atoms. The molecule has 1 atom stereocenters. The van der Waals surface area contributed by atoms with Gasteiger partial charge in [-0.3, -0.25) is 4.79 Å². The Morgan fingerprint density at radius 2 is 2.22 bits per heavy atom. The summed E-state index contributed by atoms with van der Waals surface area (Å²) in [4.78, 5) is 11.5. The summed E-state index contributed by atoms with van der Waals surface area (Å²) < 4.78 is 24.5. The van der Waals surface area contributed by atoms with Gasteiger partial charge in [0.15, 0.2) is 9.84 Å². The molecule has 1 aromatic heterocycles. The van der Waals surface area contributed by atoms with E-state index in [1.54, 1.807) is 16.8 Å². The lowest BCUT2D eigenvalue weighted by atomic mass is 10.0. The van der Waals surface area contributed by atoms with Crippen LogP contribution < -0.4 is 10.9 Å². The fourth-order valence-electron chi connectivity index (χ4n) is 2.27. The third-order valence-electron chi connectivity index (χ3n) is 3.31. The van der Waals surface area contributed by atoms with Crippen LogP contribution in [0.15, 0.2) is 29.2 Å². The number of hydrogen-bond donors (Lipinski definition) is 1. The van der Waals surface area contributed by atoms with Crippen LogP contribution in [0.5, 0.6) is 0 Å². The van der Waals surface area contributed by atoms with Crippen molar-refractivity contribution in [3.63, 3.8) is 0 Å². The van der Waals surface area contributed by atoms with Crippen molar-refractivity contribution in [2.75, 3.05) is 18.1 Å². The third-order valence-corrected chi connectivity index (χ3v) is 5.21. The molecule has 5 nitrogen and oxygen atoms in total. The van der Waals surface area contributed by atoms with E-state index in [4.69, 9.17) is 0 Å². The van der Waals surface area contributed by atoms with Crippen molar-refractivity contribution in [2.45, 2.75) is 25.4 Å². The SMILES string of the molecule is CC1(NCCn2ccccc2=O)CCS(=O)(=O)C1. The molecule has 6 heteroatoms. The van der Waals surface area contributed by atoms with Crippen LogP contribution in [-0.4, -0.2) is 36.6 Å². The Hall–Kier alpha value is -1.14. The second-order valence-corrected chi connectivity index (χ2v) is 7.25.